The van der Waals surface area contributed by atoms with Crippen molar-refractivity contribution in [2.24, 2.45) is 0 Å². The van der Waals surface area contributed by atoms with E-state index in [0.29, 0.717) is 6.61 Å². The predicted octanol–water partition coefficient (Wildman–Crippen LogP) is 4.87. The van der Waals surface area contributed by atoms with Crippen LogP contribution >= 0.6 is 0 Å². The molecule has 0 spiro atoms. The molecule has 1 heterocycles. The number of H-pyrrole nitrogens is 1. The molecule has 8 heteroatoms. The molecular weight excluding hydrogens is 361 g/mol. The lowest BCUT2D eigenvalue weighted by atomic mass is 10.0. The van der Waals surface area contributed by atoms with E-state index < -0.39 is 12.1 Å². The molecule has 0 aliphatic carbocycles. The molecule has 0 saturated heterocycles. The second-order valence-electron chi connectivity index (χ2n) is 5.51. The Morgan fingerprint density at radius 1 is 1.37 bits per heavy atom. The van der Waals surface area contributed by atoms with Gasteiger partial charge >= 0.3 is 12.1 Å². The maximum Gasteiger partial charge on any atom is 0.490 e. The van der Waals surface area contributed by atoms with E-state index in [-0.39, 0.29) is 0 Å². The summed E-state index contributed by atoms with van der Waals surface area (Å²) >= 11 is 0. The summed E-state index contributed by atoms with van der Waals surface area (Å²) in [5, 5.41) is 7.12. The Bertz CT molecular complexity index is 726. The number of carboxylic acid groups (broad SMARTS) is 1. The Morgan fingerprint density at radius 2 is 2.07 bits per heavy atom. The van der Waals surface area contributed by atoms with Crippen molar-refractivity contribution >= 4 is 11.5 Å². The summed E-state index contributed by atoms with van der Waals surface area (Å²) in [5.74, 6) is -1.81. The van der Waals surface area contributed by atoms with Gasteiger partial charge in [-0.1, -0.05) is 25.1 Å². The van der Waals surface area contributed by atoms with Crippen LogP contribution in [0, 0.1) is 0 Å². The summed E-state index contributed by atoms with van der Waals surface area (Å²) in [4.78, 5) is 16.1. The number of carboxylic acids is 1. The summed E-state index contributed by atoms with van der Waals surface area (Å²) in [7, 11) is 0. The number of allylic oxidation sites excluding steroid dienone is 2. The van der Waals surface area contributed by atoms with Gasteiger partial charge in [0.15, 0.2) is 0 Å². The van der Waals surface area contributed by atoms with E-state index in [4.69, 9.17) is 14.6 Å². The second-order valence-corrected chi connectivity index (χ2v) is 5.51. The molecule has 0 atom stereocenters. The van der Waals surface area contributed by atoms with Crippen LogP contribution in [0.4, 0.5) is 13.2 Å². The average Bonchev–Trinajstić information content (AvgIpc) is 3.13. The first-order chi connectivity index (χ1) is 12.8. The summed E-state index contributed by atoms with van der Waals surface area (Å²) in [5.41, 5.74) is 3.69. The first kappa shape index (κ1) is 22.3. The fourth-order valence-electron chi connectivity index (χ4n) is 2.23. The van der Waals surface area contributed by atoms with Crippen LogP contribution in [0.2, 0.25) is 0 Å². The number of nitrogens with zero attached hydrogens (tertiary/aromatic N) is 1. The maximum atomic E-state index is 10.6. The van der Waals surface area contributed by atoms with Gasteiger partial charge in [0.2, 0.25) is 0 Å². The van der Waals surface area contributed by atoms with E-state index in [1.807, 2.05) is 12.3 Å². The largest absolute Gasteiger partial charge is 0.494 e. The number of aliphatic carboxylic acids is 1. The van der Waals surface area contributed by atoms with E-state index >= 15 is 0 Å². The highest BCUT2D eigenvalue weighted by atomic mass is 19.4. The lowest BCUT2D eigenvalue weighted by molar-refractivity contribution is -0.192. The summed E-state index contributed by atoms with van der Waals surface area (Å²) in [6.07, 6.45) is 3.68. The first-order valence-corrected chi connectivity index (χ1v) is 8.44. The van der Waals surface area contributed by atoms with Crippen LogP contribution in [-0.2, 0) is 11.2 Å². The number of aromatic amines is 1. The number of aromatic nitrogens is 2. The van der Waals surface area contributed by atoms with Gasteiger partial charge < -0.3 is 14.8 Å². The third kappa shape index (κ3) is 8.44. The molecule has 1 aromatic heterocycles. The van der Waals surface area contributed by atoms with Crippen molar-refractivity contribution in [2.45, 2.75) is 39.3 Å². The smallest absolute Gasteiger partial charge is 0.490 e. The van der Waals surface area contributed by atoms with Crippen molar-refractivity contribution in [1.29, 1.82) is 0 Å². The molecule has 0 fully saturated rings. The molecule has 0 aliphatic heterocycles. The van der Waals surface area contributed by atoms with Crippen molar-refractivity contribution < 1.29 is 27.8 Å². The monoisotopic (exact) mass is 384 g/mol. The van der Waals surface area contributed by atoms with E-state index in [2.05, 4.69) is 48.1 Å². The number of halogens is 3. The molecule has 0 unspecified atom stereocenters. The molecule has 0 bridgehead atoms. The lowest BCUT2D eigenvalue weighted by Gasteiger charge is -2.09. The number of hydrogen-bond donors (Lipinski definition) is 2. The molecule has 0 aliphatic rings. The highest BCUT2D eigenvalue weighted by Crippen LogP contribution is 2.22. The van der Waals surface area contributed by atoms with E-state index in [1.165, 1.54) is 11.1 Å². The Balaban J connectivity index is 0.000000445. The molecule has 0 amide bonds. The normalized spacial score (nSPS) is 11.5. The highest BCUT2D eigenvalue weighted by molar-refractivity contribution is 5.73. The molecule has 2 aromatic rings. The zero-order valence-corrected chi connectivity index (χ0v) is 15.2. The first-order valence-electron chi connectivity index (χ1n) is 8.44. The van der Waals surface area contributed by atoms with Crippen molar-refractivity contribution in [3.05, 3.63) is 54.1 Å². The number of benzene rings is 1. The van der Waals surface area contributed by atoms with Gasteiger partial charge in [0.1, 0.15) is 5.75 Å². The maximum absolute atomic E-state index is 10.6. The number of aryl methyl sites for hydroxylation is 1. The third-order valence-corrected chi connectivity index (χ3v) is 3.58. The molecule has 2 N–H and O–H groups in total. The number of imidazole rings is 1. The molecule has 1 aromatic carbocycles. The number of carbonyl (C=O) groups is 1. The molecule has 5 nitrogen and oxygen atoms in total. The molecular formula is C19H23F3N2O3. The van der Waals surface area contributed by atoms with Crippen molar-refractivity contribution in [1.82, 2.24) is 9.97 Å². The number of ether oxygens (including phenoxy) is 1. The van der Waals surface area contributed by atoms with Crippen molar-refractivity contribution in [3.63, 3.8) is 0 Å². The van der Waals surface area contributed by atoms with Crippen LogP contribution < -0.4 is 4.74 Å². The molecule has 148 valence electrons. The summed E-state index contributed by atoms with van der Waals surface area (Å²) < 4.78 is 37.6. The Kier molecular flexibility index (Phi) is 9.12. The third-order valence-electron chi connectivity index (χ3n) is 3.58. The number of hydrogen-bond acceptors (Lipinski definition) is 3. The molecule has 0 saturated carbocycles. The minimum absolute atomic E-state index is 0.716. The van der Waals surface area contributed by atoms with Crippen LogP contribution in [0.5, 0.6) is 5.75 Å². The minimum atomic E-state index is -5.08. The Labute approximate surface area is 155 Å². The minimum Gasteiger partial charge on any atom is -0.494 e. The van der Waals surface area contributed by atoms with Gasteiger partial charge in [0.25, 0.3) is 0 Å². The number of nitrogens with one attached hydrogen (secondary N) is 1. The predicted molar refractivity (Wildman–Crippen MR) is 96.5 cm³/mol. The fourth-order valence-corrected chi connectivity index (χ4v) is 2.23. The SMILES string of the molecule is C/C=C(/CC)c1cccc(OCCCc2c[nH]cn2)c1.O=C(O)C(F)(F)F. The fraction of sp³-hybridized carbons (Fsp3) is 0.368. The summed E-state index contributed by atoms with van der Waals surface area (Å²) in [6, 6.07) is 8.32. The van der Waals surface area contributed by atoms with Gasteiger partial charge in [0, 0.05) is 6.20 Å². The zero-order chi connectivity index (χ0) is 20.3. The van der Waals surface area contributed by atoms with Gasteiger partial charge in [-0.15, -0.1) is 0 Å². The van der Waals surface area contributed by atoms with Crippen molar-refractivity contribution in [3.8, 4) is 5.75 Å². The quantitative estimate of drug-likeness (QED) is 0.668. The topological polar surface area (TPSA) is 75.2 Å². The van der Waals surface area contributed by atoms with Gasteiger partial charge in [-0.25, -0.2) is 9.78 Å². The van der Waals surface area contributed by atoms with Crippen LogP contribution in [-0.4, -0.2) is 33.8 Å². The second kappa shape index (κ2) is 11.1. The van der Waals surface area contributed by atoms with Crippen LogP contribution in [0.15, 0.2) is 42.9 Å². The Morgan fingerprint density at radius 3 is 2.59 bits per heavy atom. The van der Waals surface area contributed by atoms with Gasteiger partial charge in [-0.3, -0.25) is 0 Å². The average molecular weight is 384 g/mol. The van der Waals surface area contributed by atoms with Gasteiger partial charge in [-0.05, 0) is 49.5 Å². The number of alkyl halides is 3. The lowest BCUT2D eigenvalue weighted by Crippen LogP contribution is -2.21. The van der Waals surface area contributed by atoms with Crippen LogP contribution in [0.3, 0.4) is 0 Å². The molecule has 27 heavy (non-hydrogen) atoms. The standard InChI is InChI=1S/C17H22N2O.C2HF3O2/c1-3-14(4-2)15-7-5-9-17(11-15)20-10-6-8-16-12-18-13-19-16;3-2(4,5)1(6)7/h3,5,7,9,11-13H,4,6,8,10H2,1-2H3,(H,18,19);(H,6,7)/b14-3-;. The zero-order valence-electron chi connectivity index (χ0n) is 15.2. The van der Waals surface area contributed by atoms with E-state index in [0.717, 1.165) is 30.7 Å². The van der Waals surface area contributed by atoms with E-state index in [9.17, 15) is 13.2 Å². The van der Waals surface area contributed by atoms with Crippen LogP contribution in [0.25, 0.3) is 5.57 Å². The Hall–Kier alpha value is -2.77. The molecule has 2 rings (SSSR count). The highest BCUT2D eigenvalue weighted by Gasteiger charge is 2.38. The van der Waals surface area contributed by atoms with E-state index in [1.54, 1.807) is 6.33 Å². The van der Waals surface area contributed by atoms with Crippen molar-refractivity contribution in [2.75, 3.05) is 6.61 Å². The summed E-state index contributed by atoms with van der Waals surface area (Å²) in [6.45, 7) is 4.97. The van der Waals surface area contributed by atoms with Crippen LogP contribution in [0.1, 0.15) is 37.9 Å². The van der Waals surface area contributed by atoms with Gasteiger partial charge in [0.05, 0.1) is 18.6 Å². The molecule has 0 radical (unpaired) electrons. The van der Waals surface area contributed by atoms with Gasteiger partial charge in [-0.2, -0.15) is 13.2 Å². The number of rotatable bonds is 7.